The molecule has 1 N–H and O–H groups in total. The minimum Gasteiger partial charge on any atom is -0.456 e. The van der Waals surface area contributed by atoms with Crippen molar-refractivity contribution in [3.05, 3.63) is 76.7 Å². The van der Waals surface area contributed by atoms with Crippen molar-refractivity contribution in [3.63, 3.8) is 0 Å². The van der Waals surface area contributed by atoms with Gasteiger partial charge >= 0.3 is 5.97 Å². The molecule has 1 aromatic carbocycles. The molecule has 2 aromatic rings. The van der Waals surface area contributed by atoms with E-state index >= 15 is 0 Å². The number of aryl methyl sites for hydroxylation is 1. The zero-order valence-electron chi connectivity index (χ0n) is 30.1. The van der Waals surface area contributed by atoms with Crippen molar-refractivity contribution >= 4 is 11.8 Å². The number of ether oxygens (including phenoxy) is 1. The monoisotopic (exact) mass is 643 g/mol. The molecule has 256 valence electrons. The van der Waals surface area contributed by atoms with Crippen molar-refractivity contribution in [1.82, 2.24) is 15.0 Å². The minimum absolute atomic E-state index is 0.00629. The summed E-state index contributed by atoms with van der Waals surface area (Å²) in [6.45, 7) is 16.9. The lowest BCUT2D eigenvalue weighted by Gasteiger charge is -2.60. The molecule has 47 heavy (non-hydrogen) atoms. The van der Waals surface area contributed by atoms with E-state index in [-0.39, 0.29) is 29.3 Å². The Hall–Kier alpha value is -3.32. The topological polar surface area (TPSA) is 94.3 Å². The van der Waals surface area contributed by atoms with Crippen molar-refractivity contribution in [3.8, 4) is 5.69 Å². The number of aromatic nitrogens is 3. The van der Waals surface area contributed by atoms with Crippen LogP contribution in [0.1, 0.15) is 124 Å². The first-order valence-corrected chi connectivity index (χ1v) is 17.5. The van der Waals surface area contributed by atoms with Gasteiger partial charge < -0.3 is 9.84 Å². The van der Waals surface area contributed by atoms with Gasteiger partial charge in [0.25, 0.3) is 0 Å². The first-order chi connectivity index (χ1) is 22.1. The molecule has 0 bridgehead atoms. The van der Waals surface area contributed by atoms with E-state index in [4.69, 9.17) is 4.74 Å². The van der Waals surface area contributed by atoms with Crippen LogP contribution in [-0.4, -0.2) is 37.5 Å². The Labute approximate surface area is 282 Å². The van der Waals surface area contributed by atoms with Crippen LogP contribution in [0.4, 0.5) is 0 Å². The van der Waals surface area contributed by atoms with Crippen molar-refractivity contribution in [2.75, 3.05) is 0 Å². The molecular weight excluding hydrogens is 586 g/mol. The van der Waals surface area contributed by atoms with E-state index in [2.05, 4.69) is 57.1 Å². The third-order valence-electron chi connectivity index (χ3n) is 11.2. The van der Waals surface area contributed by atoms with Gasteiger partial charge in [0.2, 0.25) is 0 Å². The molecule has 0 saturated heterocycles. The summed E-state index contributed by atoms with van der Waals surface area (Å²) in [5.41, 5.74) is 4.96. The molecule has 0 spiro atoms. The SMILES string of the molecule is C/C(=C\CC/C(C)=C/CC[C@@H]1[C@@]2(C)CCC(=O)C(C)(C)[C@H]2CC[C@@]1(C)O)CC/C=C(\C)C(=O)OCc1cn(-c2cccc(C)c2)nn1. The molecule has 4 rings (SSSR count). The molecule has 1 aromatic heterocycles. The molecule has 0 aliphatic heterocycles. The number of carbonyl (C=O) groups excluding carboxylic acids is 2. The largest absolute Gasteiger partial charge is 0.456 e. The molecular formula is C40H57N3O4. The number of hydrogen-bond donors (Lipinski definition) is 1. The van der Waals surface area contributed by atoms with Gasteiger partial charge in [-0.05, 0) is 127 Å². The lowest BCUT2D eigenvalue weighted by atomic mass is 9.45. The van der Waals surface area contributed by atoms with Crippen molar-refractivity contribution < 1.29 is 19.4 Å². The molecule has 4 atom stereocenters. The van der Waals surface area contributed by atoms with E-state index < -0.39 is 5.60 Å². The Morgan fingerprint density at radius 2 is 1.70 bits per heavy atom. The lowest BCUT2D eigenvalue weighted by Crippen LogP contribution is -2.59. The molecule has 0 unspecified atom stereocenters. The number of benzene rings is 1. The normalized spacial score (nSPS) is 26.7. The second-order valence-corrected chi connectivity index (χ2v) is 15.4. The summed E-state index contributed by atoms with van der Waals surface area (Å²) in [5, 5.41) is 19.7. The zero-order chi connectivity index (χ0) is 34.4. The van der Waals surface area contributed by atoms with E-state index in [0.29, 0.717) is 29.4 Å². The van der Waals surface area contributed by atoms with Crippen molar-refractivity contribution in [2.24, 2.45) is 22.7 Å². The van der Waals surface area contributed by atoms with Gasteiger partial charge in [0.1, 0.15) is 18.1 Å². The van der Waals surface area contributed by atoms with Gasteiger partial charge in [0, 0.05) is 17.4 Å². The fourth-order valence-corrected chi connectivity index (χ4v) is 8.33. The number of ketones is 1. The van der Waals surface area contributed by atoms with Gasteiger partial charge in [-0.25, -0.2) is 9.48 Å². The van der Waals surface area contributed by atoms with Crippen LogP contribution in [0.3, 0.4) is 0 Å². The highest BCUT2D eigenvalue weighted by Crippen LogP contribution is 2.62. The number of allylic oxidation sites excluding steroid dienone is 5. The molecule has 7 nitrogen and oxygen atoms in total. The first kappa shape index (κ1) is 36.5. The van der Waals surface area contributed by atoms with Crippen LogP contribution < -0.4 is 0 Å². The minimum atomic E-state index is -0.684. The van der Waals surface area contributed by atoms with Gasteiger partial charge in [-0.2, -0.15) is 0 Å². The second kappa shape index (κ2) is 15.3. The van der Waals surface area contributed by atoms with Crippen LogP contribution in [0, 0.1) is 29.6 Å². The maximum absolute atomic E-state index is 12.8. The van der Waals surface area contributed by atoms with E-state index in [1.54, 1.807) is 17.8 Å². The first-order valence-electron chi connectivity index (χ1n) is 17.5. The summed E-state index contributed by atoms with van der Waals surface area (Å²) in [5.74, 6) is 0.584. The highest BCUT2D eigenvalue weighted by Gasteiger charge is 2.59. The Morgan fingerprint density at radius 1 is 1.02 bits per heavy atom. The Morgan fingerprint density at radius 3 is 2.40 bits per heavy atom. The van der Waals surface area contributed by atoms with Crippen molar-refractivity contribution in [1.29, 1.82) is 0 Å². The molecule has 0 radical (unpaired) electrons. The van der Waals surface area contributed by atoms with Gasteiger partial charge in [-0.15, -0.1) is 5.10 Å². The van der Waals surface area contributed by atoms with Gasteiger partial charge in [-0.3, -0.25) is 4.79 Å². The summed E-state index contributed by atoms with van der Waals surface area (Å²) >= 11 is 0. The number of esters is 1. The molecule has 0 amide bonds. The standard InChI is InChI=1S/C40H57N3O4/c1-28(15-10-18-31(4)37(45)47-27-32-26-43(42-41-32)33-19-11-17-30(3)25-33)13-9-14-29(2)16-12-20-35-39(7)23-22-36(44)38(5,6)34(39)21-24-40(35,8)46/h11,13,16-19,25-26,34-35,46H,9-10,12,14-15,20-24,27H2,1-8H3/b28-13+,29-16+,31-18+/t34-,35-,39+,40-/m1/s1. The highest BCUT2D eigenvalue weighted by molar-refractivity contribution is 5.87. The highest BCUT2D eigenvalue weighted by atomic mass is 16.5. The zero-order valence-corrected chi connectivity index (χ0v) is 30.1. The van der Waals surface area contributed by atoms with Crippen LogP contribution in [0.5, 0.6) is 0 Å². The Balaban J connectivity index is 1.18. The summed E-state index contributed by atoms with van der Waals surface area (Å²) in [7, 11) is 0. The van der Waals surface area contributed by atoms with Crippen LogP contribution >= 0.6 is 0 Å². The number of carbonyl (C=O) groups is 2. The van der Waals surface area contributed by atoms with Crippen molar-refractivity contribution in [2.45, 2.75) is 132 Å². The second-order valence-electron chi connectivity index (χ2n) is 15.4. The summed E-state index contributed by atoms with van der Waals surface area (Å²) in [6, 6.07) is 7.98. The maximum atomic E-state index is 12.8. The number of rotatable bonds is 13. The predicted molar refractivity (Wildman–Crippen MR) is 188 cm³/mol. The van der Waals surface area contributed by atoms with Crippen LogP contribution in [0.2, 0.25) is 0 Å². The number of aliphatic hydroxyl groups is 1. The van der Waals surface area contributed by atoms with Crippen LogP contribution in [-0.2, 0) is 20.9 Å². The third-order valence-corrected chi connectivity index (χ3v) is 11.2. The smallest absolute Gasteiger partial charge is 0.333 e. The van der Waals surface area contributed by atoms with E-state index in [1.165, 1.54) is 11.1 Å². The number of nitrogens with zero attached hydrogens (tertiary/aromatic N) is 3. The molecule has 2 aliphatic rings. The van der Waals surface area contributed by atoms with E-state index in [1.807, 2.05) is 44.2 Å². The Kier molecular flexibility index (Phi) is 11.9. The Bertz CT molecular complexity index is 1510. The van der Waals surface area contributed by atoms with Gasteiger partial charge in [0.15, 0.2) is 0 Å². The van der Waals surface area contributed by atoms with Gasteiger partial charge in [0.05, 0.1) is 17.5 Å². The summed E-state index contributed by atoms with van der Waals surface area (Å²) in [4.78, 5) is 25.3. The molecule has 2 fully saturated rings. The fourth-order valence-electron chi connectivity index (χ4n) is 8.33. The van der Waals surface area contributed by atoms with Crippen LogP contribution in [0.15, 0.2) is 65.4 Å². The molecule has 2 saturated carbocycles. The summed E-state index contributed by atoms with van der Waals surface area (Å²) < 4.78 is 7.15. The molecule has 2 aliphatic carbocycles. The average molecular weight is 644 g/mol. The number of fused-ring (bicyclic) bond motifs is 1. The van der Waals surface area contributed by atoms with Crippen LogP contribution in [0.25, 0.3) is 5.69 Å². The predicted octanol–water partition coefficient (Wildman–Crippen LogP) is 8.97. The number of Topliss-reactive ketones (excluding diaryl/α,β-unsaturated/α-hetero) is 1. The molecule has 1 heterocycles. The lowest BCUT2D eigenvalue weighted by molar-refractivity contribution is -0.177. The number of hydrogen-bond acceptors (Lipinski definition) is 6. The average Bonchev–Trinajstić information content (AvgIpc) is 3.48. The summed E-state index contributed by atoms with van der Waals surface area (Å²) in [6.07, 6.45) is 17.2. The van der Waals surface area contributed by atoms with E-state index in [9.17, 15) is 14.7 Å². The third kappa shape index (κ3) is 8.98. The molecule has 7 heteroatoms. The van der Waals surface area contributed by atoms with Gasteiger partial charge in [-0.1, -0.05) is 67.5 Å². The fraction of sp³-hybridized carbons (Fsp3) is 0.600. The van der Waals surface area contributed by atoms with E-state index in [0.717, 1.165) is 69.0 Å². The maximum Gasteiger partial charge on any atom is 0.333 e. The quantitative estimate of drug-likeness (QED) is 0.133.